The maximum atomic E-state index is 11.9. The predicted molar refractivity (Wildman–Crippen MR) is 98.0 cm³/mol. The van der Waals surface area contributed by atoms with E-state index >= 15 is 0 Å². The molecule has 0 bridgehead atoms. The molecule has 0 saturated heterocycles. The number of benzene rings is 1. The van der Waals surface area contributed by atoms with Crippen LogP contribution in [0.4, 0.5) is 0 Å². The van der Waals surface area contributed by atoms with Crippen LogP contribution in [0, 0.1) is 13.8 Å². The number of rotatable bonds is 5. The zero-order valence-corrected chi connectivity index (χ0v) is 15.6. The van der Waals surface area contributed by atoms with Crippen molar-refractivity contribution < 1.29 is 9.32 Å². The molecule has 3 rings (SSSR count). The van der Waals surface area contributed by atoms with Crippen LogP contribution in [0.1, 0.15) is 34.6 Å². The number of halogens is 1. The first kappa shape index (κ1) is 17.6. The van der Waals surface area contributed by atoms with Crippen molar-refractivity contribution in [3.05, 3.63) is 58.2 Å². The van der Waals surface area contributed by atoms with Crippen molar-refractivity contribution in [1.29, 1.82) is 0 Å². The summed E-state index contributed by atoms with van der Waals surface area (Å²) in [6, 6.07) is 9.28. The van der Waals surface area contributed by atoms with E-state index in [1.54, 1.807) is 0 Å². The van der Waals surface area contributed by atoms with Gasteiger partial charge in [0.1, 0.15) is 22.3 Å². The zero-order chi connectivity index (χ0) is 18.0. The van der Waals surface area contributed by atoms with Crippen molar-refractivity contribution in [2.45, 2.75) is 31.6 Å². The molecule has 0 aliphatic heterocycles. The molecule has 0 amide bonds. The minimum absolute atomic E-state index is 0.0422. The fraction of sp³-hybridized carbons (Fsp3) is 0.222. The van der Waals surface area contributed by atoms with Gasteiger partial charge < -0.3 is 4.52 Å². The van der Waals surface area contributed by atoms with Crippen LogP contribution in [0.15, 0.2) is 39.9 Å². The highest BCUT2D eigenvalue weighted by Gasteiger charge is 2.16. The van der Waals surface area contributed by atoms with Gasteiger partial charge in [-0.2, -0.15) is 0 Å². The van der Waals surface area contributed by atoms with E-state index in [0.29, 0.717) is 38.6 Å². The molecule has 128 valence electrons. The molecule has 0 radical (unpaired) electrons. The van der Waals surface area contributed by atoms with Crippen molar-refractivity contribution >= 4 is 29.1 Å². The third-order valence-corrected chi connectivity index (χ3v) is 4.82. The van der Waals surface area contributed by atoms with E-state index in [2.05, 4.69) is 15.1 Å². The van der Waals surface area contributed by atoms with Crippen molar-refractivity contribution in [1.82, 2.24) is 15.1 Å². The first-order chi connectivity index (χ1) is 11.9. The van der Waals surface area contributed by atoms with Gasteiger partial charge >= 0.3 is 0 Å². The van der Waals surface area contributed by atoms with Gasteiger partial charge in [0.25, 0.3) is 0 Å². The molecule has 0 aliphatic carbocycles. The Morgan fingerprint density at radius 3 is 2.60 bits per heavy atom. The van der Waals surface area contributed by atoms with E-state index < -0.39 is 0 Å². The van der Waals surface area contributed by atoms with Crippen LogP contribution in [-0.2, 0) is 5.75 Å². The lowest BCUT2D eigenvalue weighted by Gasteiger charge is -2.08. The number of aromatic nitrogens is 3. The molecule has 25 heavy (non-hydrogen) atoms. The lowest BCUT2D eigenvalue weighted by atomic mass is 10.1. The molecular weight excluding hydrogens is 358 g/mol. The second-order valence-corrected chi connectivity index (χ2v) is 6.97. The molecule has 2 aromatic heterocycles. The molecule has 0 fully saturated rings. The molecule has 3 aromatic rings. The summed E-state index contributed by atoms with van der Waals surface area (Å²) in [5.74, 6) is 1.83. The Kier molecular flexibility index (Phi) is 5.20. The van der Waals surface area contributed by atoms with E-state index in [-0.39, 0.29) is 5.78 Å². The van der Waals surface area contributed by atoms with Crippen LogP contribution in [-0.4, -0.2) is 20.9 Å². The summed E-state index contributed by atoms with van der Waals surface area (Å²) < 4.78 is 5.40. The zero-order valence-electron chi connectivity index (χ0n) is 14.0. The Bertz CT molecular complexity index is 923. The lowest BCUT2D eigenvalue weighted by Crippen LogP contribution is -2.06. The predicted octanol–water partition coefficient (Wildman–Crippen LogP) is 4.90. The fourth-order valence-electron chi connectivity index (χ4n) is 2.47. The van der Waals surface area contributed by atoms with Crippen molar-refractivity contribution in [3.63, 3.8) is 0 Å². The second kappa shape index (κ2) is 7.37. The first-order valence-electron chi connectivity index (χ1n) is 7.64. The van der Waals surface area contributed by atoms with Crippen LogP contribution in [0.2, 0.25) is 5.02 Å². The number of thioether (sulfide) groups is 1. The van der Waals surface area contributed by atoms with E-state index in [1.165, 1.54) is 18.7 Å². The van der Waals surface area contributed by atoms with Crippen LogP contribution < -0.4 is 0 Å². The molecule has 0 saturated carbocycles. The Morgan fingerprint density at radius 2 is 1.92 bits per heavy atom. The summed E-state index contributed by atoms with van der Waals surface area (Å²) in [6.45, 7) is 5.16. The Morgan fingerprint density at radius 1 is 1.20 bits per heavy atom. The largest absolute Gasteiger partial charge is 0.360 e. The van der Waals surface area contributed by atoms with Gasteiger partial charge in [0.15, 0.2) is 5.78 Å². The molecule has 7 heteroatoms. The van der Waals surface area contributed by atoms with Gasteiger partial charge in [-0.25, -0.2) is 9.97 Å². The number of nitrogens with zero attached hydrogens (tertiary/aromatic N) is 3. The van der Waals surface area contributed by atoms with Gasteiger partial charge in [0.2, 0.25) is 0 Å². The second-order valence-electron chi connectivity index (χ2n) is 5.57. The minimum Gasteiger partial charge on any atom is -0.360 e. The summed E-state index contributed by atoms with van der Waals surface area (Å²) in [5.41, 5.74) is 2.94. The third-order valence-electron chi connectivity index (χ3n) is 3.57. The molecule has 2 heterocycles. The van der Waals surface area contributed by atoms with Crippen LogP contribution in [0.5, 0.6) is 0 Å². The highest BCUT2D eigenvalue weighted by molar-refractivity contribution is 7.98. The molecule has 0 spiro atoms. The van der Waals surface area contributed by atoms with E-state index in [0.717, 1.165) is 11.3 Å². The molecule has 5 nitrogen and oxygen atoms in total. The van der Waals surface area contributed by atoms with Crippen molar-refractivity contribution in [2.24, 2.45) is 0 Å². The number of carbonyl (C=O) groups is 1. The Balaban J connectivity index is 1.79. The lowest BCUT2D eigenvalue weighted by molar-refractivity contribution is 0.101. The van der Waals surface area contributed by atoms with Crippen LogP contribution >= 0.6 is 23.4 Å². The topological polar surface area (TPSA) is 68.9 Å². The monoisotopic (exact) mass is 373 g/mol. The number of aryl methyl sites for hydroxylation is 2. The van der Waals surface area contributed by atoms with Gasteiger partial charge in [0, 0.05) is 16.7 Å². The number of ketones is 1. The Hall–Kier alpha value is -2.18. The standard InChI is InChI=1S/C18H16ClN3O2S/c1-10-17(11(2)23)18(21-12(3)20-10)25-9-15-8-16(22-24-15)13-4-6-14(19)7-5-13/h4-8H,9H2,1-3H3. The van der Waals surface area contributed by atoms with Gasteiger partial charge in [-0.05, 0) is 32.9 Å². The first-order valence-corrected chi connectivity index (χ1v) is 9.01. The Labute approximate surface area is 154 Å². The molecule has 0 unspecified atom stereocenters. The fourth-order valence-corrected chi connectivity index (χ4v) is 3.64. The minimum atomic E-state index is -0.0422. The molecule has 0 N–H and O–H groups in total. The number of carbonyl (C=O) groups excluding carboxylic acids is 1. The summed E-state index contributed by atoms with van der Waals surface area (Å²) >= 11 is 7.34. The van der Waals surface area contributed by atoms with E-state index in [4.69, 9.17) is 16.1 Å². The molecule has 0 atom stereocenters. The van der Waals surface area contributed by atoms with E-state index in [1.807, 2.05) is 44.2 Å². The summed E-state index contributed by atoms with van der Waals surface area (Å²) in [7, 11) is 0. The van der Waals surface area contributed by atoms with Gasteiger partial charge in [-0.1, -0.05) is 40.7 Å². The maximum Gasteiger partial charge on any atom is 0.164 e. The normalized spacial score (nSPS) is 10.9. The van der Waals surface area contributed by atoms with Gasteiger partial charge in [0.05, 0.1) is 17.0 Å². The van der Waals surface area contributed by atoms with Crippen LogP contribution in [0.3, 0.4) is 0 Å². The van der Waals surface area contributed by atoms with E-state index in [9.17, 15) is 4.79 Å². The van der Waals surface area contributed by atoms with Crippen molar-refractivity contribution in [3.8, 4) is 11.3 Å². The van der Waals surface area contributed by atoms with Crippen molar-refractivity contribution in [2.75, 3.05) is 0 Å². The molecular formula is C18H16ClN3O2S. The molecule has 0 aliphatic rings. The summed E-state index contributed by atoms with van der Waals surface area (Å²) in [6.07, 6.45) is 0. The highest BCUT2D eigenvalue weighted by Crippen LogP contribution is 2.28. The quantitative estimate of drug-likeness (QED) is 0.360. The highest BCUT2D eigenvalue weighted by atomic mass is 35.5. The number of hydrogen-bond donors (Lipinski definition) is 0. The van der Waals surface area contributed by atoms with Gasteiger partial charge in [-0.3, -0.25) is 4.79 Å². The maximum absolute atomic E-state index is 11.9. The molecule has 1 aromatic carbocycles. The van der Waals surface area contributed by atoms with Gasteiger partial charge in [-0.15, -0.1) is 0 Å². The summed E-state index contributed by atoms with van der Waals surface area (Å²) in [5, 5.41) is 5.43. The smallest absolute Gasteiger partial charge is 0.164 e. The third kappa shape index (κ3) is 4.08. The summed E-state index contributed by atoms with van der Waals surface area (Å²) in [4.78, 5) is 20.6. The number of Topliss-reactive ketones (excluding diaryl/α,β-unsaturated/α-hetero) is 1. The SMILES string of the molecule is CC(=O)c1c(C)nc(C)nc1SCc1cc(-c2ccc(Cl)cc2)no1. The average molecular weight is 374 g/mol. The number of hydrogen-bond acceptors (Lipinski definition) is 6. The van der Waals surface area contributed by atoms with Crippen LogP contribution in [0.25, 0.3) is 11.3 Å². The average Bonchev–Trinajstić information content (AvgIpc) is 3.01.